The Hall–Kier alpha value is -1.56. The van der Waals surface area contributed by atoms with Crippen LogP contribution in [-0.2, 0) is 0 Å². The van der Waals surface area contributed by atoms with Crippen molar-refractivity contribution >= 4 is 22.9 Å². The van der Waals surface area contributed by atoms with Crippen molar-refractivity contribution in [3.63, 3.8) is 0 Å². The summed E-state index contributed by atoms with van der Waals surface area (Å²) in [5, 5.41) is 9.69. The van der Waals surface area contributed by atoms with E-state index >= 15 is 0 Å². The molecular weight excluding hydrogens is 182 g/mol. The Morgan fingerprint density at radius 3 is 3.17 bits per heavy atom. The summed E-state index contributed by atoms with van der Waals surface area (Å²) in [6.45, 7) is 0. The first-order valence-corrected chi connectivity index (χ1v) is 3.46. The van der Waals surface area contributed by atoms with Crippen LogP contribution in [0.1, 0.15) is 0 Å². The molecule has 6 nitrogen and oxygen atoms in total. The van der Waals surface area contributed by atoms with Gasteiger partial charge in [-0.2, -0.15) is 4.52 Å². The van der Waals surface area contributed by atoms with Crippen molar-refractivity contribution in [3.05, 3.63) is 21.7 Å². The quantitative estimate of drug-likeness (QED) is 0.587. The summed E-state index contributed by atoms with van der Waals surface area (Å²) >= 11 is 5.56. The number of anilines is 1. The molecule has 7 heteroatoms. The fraction of sp³-hybridized carbons (Fsp3) is 0. The molecule has 62 valence electrons. The first kappa shape index (κ1) is 7.11. The Morgan fingerprint density at radius 2 is 2.42 bits per heavy atom. The van der Waals surface area contributed by atoms with Crippen molar-refractivity contribution in [2.45, 2.75) is 0 Å². The Morgan fingerprint density at radius 1 is 1.67 bits per heavy atom. The molecule has 0 spiro atoms. The average Bonchev–Trinajstić information content (AvgIpc) is 2.33. The van der Waals surface area contributed by atoms with Gasteiger partial charge in [-0.1, -0.05) is 11.6 Å². The van der Waals surface area contributed by atoms with Crippen molar-refractivity contribution in [3.8, 4) is 0 Å². The van der Waals surface area contributed by atoms with E-state index in [1.165, 1.54) is 6.07 Å². The highest BCUT2D eigenvalue weighted by Gasteiger charge is 2.05. The third-order valence-corrected chi connectivity index (χ3v) is 1.56. The van der Waals surface area contributed by atoms with Gasteiger partial charge in [-0.15, -0.1) is 10.2 Å². The largest absolute Gasteiger partial charge is 0.396 e. The molecule has 0 aromatic carbocycles. The number of halogens is 1. The standard InChI is InChI=1S/C5H4ClN5O/c6-3-1-2(7)4-8-9-5(12)11(4)10-3/h1H,7H2,(H,9,12). The summed E-state index contributed by atoms with van der Waals surface area (Å²) < 4.78 is 1.01. The topological polar surface area (TPSA) is 89.1 Å². The number of nitrogens with zero attached hydrogens (tertiary/aromatic N) is 3. The normalized spacial score (nSPS) is 10.8. The number of nitrogens with two attached hydrogens (primary N) is 1. The van der Waals surface area contributed by atoms with Crippen LogP contribution in [0.2, 0.25) is 5.15 Å². The van der Waals surface area contributed by atoms with Crippen LogP contribution >= 0.6 is 11.6 Å². The SMILES string of the molecule is Nc1cc(Cl)nn2c(=O)[nH]nc12. The number of hydrogen-bond donors (Lipinski definition) is 2. The molecule has 0 unspecified atom stereocenters. The van der Waals surface area contributed by atoms with E-state index in [1.807, 2.05) is 0 Å². The third kappa shape index (κ3) is 0.850. The summed E-state index contributed by atoms with van der Waals surface area (Å²) in [5.41, 5.74) is 5.64. The zero-order valence-electron chi connectivity index (χ0n) is 5.78. The number of nitrogen functional groups attached to an aromatic ring is 1. The molecule has 0 saturated heterocycles. The summed E-state index contributed by atoms with van der Waals surface area (Å²) in [5.74, 6) is 0. The molecule has 2 aromatic heterocycles. The van der Waals surface area contributed by atoms with Crippen LogP contribution < -0.4 is 11.4 Å². The fourth-order valence-corrected chi connectivity index (χ4v) is 1.08. The number of aromatic amines is 1. The van der Waals surface area contributed by atoms with Gasteiger partial charge in [0.25, 0.3) is 0 Å². The van der Waals surface area contributed by atoms with Gasteiger partial charge in [-0.25, -0.2) is 9.89 Å². The lowest BCUT2D eigenvalue weighted by Crippen LogP contribution is -2.12. The minimum atomic E-state index is -0.459. The van der Waals surface area contributed by atoms with Crippen molar-refractivity contribution in [2.75, 3.05) is 5.73 Å². The van der Waals surface area contributed by atoms with Gasteiger partial charge in [0.2, 0.25) is 5.65 Å². The lowest BCUT2D eigenvalue weighted by atomic mass is 10.5. The van der Waals surface area contributed by atoms with E-state index in [-0.39, 0.29) is 10.8 Å². The van der Waals surface area contributed by atoms with Gasteiger partial charge in [0.15, 0.2) is 5.15 Å². The van der Waals surface area contributed by atoms with Crippen molar-refractivity contribution in [2.24, 2.45) is 0 Å². The van der Waals surface area contributed by atoms with Crippen LogP contribution in [0.15, 0.2) is 10.9 Å². The second kappa shape index (κ2) is 2.21. The Kier molecular flexibility index (Phi) is 1.31. The number of aromatic nitrogens is 4. The van der Waals surface area contributed by atoms with Gasteiger partial charge < -0.3 is 5.73 Å². The first-order chi connectivity index (χ1) is 5.68. The zero-order chi connectivity index (χ0) is 8.72. The van der Waals surface area contributed by atoms with Crippen LogP contribution in [0.5, 0.6) is 0 Å². The number of rotatable bonds is 0. The molecule has 0 aliphatic carbocycles. The van der Waals surface area contributed by atoms with Gasteiger partial charge in [0, 0.05) is 6.07 Å². The molecule has 0 radical (unpaired) electrons. The van der Waals surface area contributed by atoms with E-state index in [0.29, 0.717) is 5.69 Å². The summed E-state index contributed by atoms with van der Waals surface area (Å²) in [6.07, 6.45) is 0. The summed E-state index contributed by atoms with van der Waals surface area (Å²) in [7, 11) is 0. The second-order valence-electron chi connectivity index (χ2n) is 2.19. The van der Waals surface area contributed by atoms with Gasteiger partial charge in [0.1, 0.15) is 0 Å². The molecule has 2 rings (SSSR count). The predicted octanol–water partition coefficient (Wildman–Crippen LogP) is -0.347. The van der Waals surface area contributed by atoms with E-state index in [4.69, 9.17) is 17.3 Å². The molecule has 2 aromatic rings. The van der Waals surface area contributed by atoms with Gasteiger partial charge in [-0.3, -0.25) is 0 Å². The van der Waals surface area contributed by atoms with Crippen LogP contribution in [0, 0.1) is 0 Å². The highest BCUT2D eigenvalue weighted by atomic mass is 35.5. The first-order valence-electron chi connectivity index (χ1n) is 3.08. The van der Waals surface area contributed by atoms with Crippen molar-refractivity contribution in [1.82, 2.24) is 19.8 Å². The minimum Gasteiger partial charge on any atom is -0.396 e. The zero-order valence-corrected chi connectivity index (χ0v) is 6.54. The van der Waals surface area contributed by atoms with Gasteiger partial charge >= 0.3 is 5.69 Å². The number of H-pyrrole nitrogens is 1. The smallest absolute Gasteiger partial charge is 0.364 e. The monoisotopic (exact) mass is 185 g/mol. The fourth-order valence-electron chi connectivity index (χ4n) is 0.889. The van der Waals surface area contributed by atoms with Crippen LogP contribution in [-0.4, -0.2) is 19.8 Å². The van der Waals surface area contributed by atoms with Crippen LogP contribution in [0.25, 0.3) is 5.65 Å². The molecule has 0 fully saturated rings. The highest BCUT2D eigenvalue weighted by Crippen LogP contribution is 2.11. The summed E-state index contributed by atoms with van der Waals surface area (Å²) in [6, 6.07) is 1.43. The van der Waals surface area contributed by atoms with Crippen LogP contribution in [0.3, 0.4) is 0 Å². The van der Waals surface area contributed by atoms with E-state index in [2.05, 4.69) is 15.3 Å². The van der Waals surface area contributed by atoms with E-state index in [9.17, 15) is 4.79 Å². The van der Waals surface area contributed by atoms with Crippen molar-refractivity contribution in [1.29, 1.82) is 0 Å². The molecule has 12 heavy (non-hydrogen) atoms. The highest BCUT2D eigenvalue weighted by molar-refractivity contribution is 6.29. The predicted molar refractivity (Wildman–Crippen MR) is 43.0 cm³/mol. The summed E-state index contributed by atoms with van der Waals surface area (Å²) in [4.78, 5) is 11.0. The lowest BCUT2D eigenvalue weighted by molar-refractivity contribution is 0.881. The maximum atomic E-state index is 11.0. The van der Waals surface area contributed by atoms with Gasteiger partial charge in [-0.05, 0) is 0 Å². The number of fused-ring (bicyclic) bond motifs is 1. The Labute approximate surface area is 71.0 Å². The van der Waals surface area contributed by atoms with Gasteiger partial charge in [0.05, 0.1) is 5.69 Å². The number of hydrogen-bond acceptors (Lipinski definition) is 4. The Balaban J connectivity index is 3.02. The number of nitrogens with one attached hydrogen (secondary N) is 1. The molecule has 0 aliphatic heterocycles. The minimum absolute atomic E-state index is 0.156. The molecule has 0 bridgehead atoms. The maximum absolute atomic E-state index is 11.0. The molecule has 0 amide bonds. The van der Waals surface area contributed by atoms with E-state index < -0.39 is 5.69 Å². The molecular formula is C5H4ClN5O. The van der Waals surface area contributed by atoms with E-state index in [1.54, 1.807) is 0 Å². The third-order valence-electron chi connectivity index (χ3n) is 1.38. The van der Waals surface area contributed by atoms with Crippen LogP contribution in [0.4, 0.5) is 5.69 Å². The van der Waals surface area contributed by atoms with Crippen molar-refractivity contribution < 1.29 is 0 Å². The molecule has 0 atom stereocenters. The lowest BCUT2D eigenvalue weighted by Gasteiger charge is -1.94. The molecule has 3 N–H and O–H groups in total. The van der Waals surface area contributed by atoms with E-state index in [0.717, 1.165) is 4.52 Å². The second-order valence-corrected chi connectivity index (χ2v) is 2.57. The molecule has 0 saturated carbocycles. The maximum Gasteiger partial charge on any atom is 0.364 e. The molecule has 0 aliphatic rings. The Bertz CT molecular complexity index is 486. The average molecular weight is 186 g/mol. The molecule has 2 heterocycles.